The van der Waals surface area contributed by atoms with Crippen LogP contribution >= 0.6 is 0 Å². The van der Waals surface area contributed by atoms with Crippen molar-refractivity contribution in [3.05, 3.63) is 0 Å². The summed E-state index contributed by atoms with van der Waals surface area (Å²) in [6.07, 6.45) is 1.24. The first-order valence-electron chi connectivity index (χ1n) is 5.09. The summed E-state index contributed by atoms with van der Waals surface area (Å²) in [6.45, 7) is 6.87. The molecule has 0 bridgehead atoms. The Labute approximate surface area is 80.1 Å². The number of carbonyl (C=O) groups excluding carboxylic acids is 1. The number of rotatable bonds is 0. The molecule has 1 aliphatic rings. The molecule has 3 heteroatoms. The molecule has 78 valence electrons. The standard InChI is InChI=1S/C8H14FNO.C2H6/c1-7(11)10-5-2-3-8(9)4-6-10;1-2/h8H,2-6H2,1H3;1-2H3. The molecule has 0 aromatic heterocycles. The zero-order valence-corrected chi connectivity index (χ0v) is 8.85. The van der Waals surface area contributed by atoms with Gasteiger partial charge in [0, 0.05) is 20.0 Å². The number of alkyl halides is 1. The van der Waals surface area contributed by atoms with Gasteiger partial charge in [0.25, 0.3) is 0 Å². The van der Waals surface area contributed by atoms with Crippen molar-refractivity contribution in [2.24, 2.45) is 0 Å². The van der Waals surface area contributed by atoms with Crippen LogP contribution in [0.5, 0.6) is 0 Å². The van der Waals surface area contributed by atoms with Gasteiger partial charge in [-0.3, -0.25) is 4.79 Å². The van der Waals surface area contributed by atoms with Crippen LogP contribution in [0.15, 0.2) is 0 Å². The van der Waals surface area contributed by atoms with E-state index in [-0.39, 0.29) is 5.91 Å². The van der Waals surface area contributed by atoms with Crippen molar-refractivity contribution in [3.8, 4) is 0 Å². The molecule has 0 aromatic carbocycles. The van der Waals surface area contributed by atoms with Gasteiger partial charge in [0.1, 0.15) is 6.17 Å². The third kappa shape index (κ3) is 4.86. The zero-order chi connectivity index (χ0) is 10.3. The summed E-state index contributed by atoms with van der Waals surface area (Å²) >= 11 is 0. The minimum Gasteiger partial charge on any atom is -0.343 e. The fourth-order valence-electron chi connectivity index (χ4n) is 1.37. The molecule has 0 radical (unpaired) electrons. The van der Waals surface area contributed by atoms with Crippen LogP contribution in [-0.2, 0) is 4.79 Å². The number of likely N-dealkylation sites (tertiary alicyclic amines) is 1. The van der Waals surface area contributed by atoms with Gasteiger partial charge in [-0.05, 0) is 19.3 Å². The number of hydrogen-bond donors (Lipinski definition) is 0. The van der Waals surface area contributed by atoms with Crippen molar-refractivity contribution in [2.45, 2.75) is 46.2 Å². The summed E-state index contributed by atoms with van der Waals surface area (Å²) < 4.78 is 12.7. The number of nitrogens with zero attached hydrogens (tertiary/aromatic N) is 1. The molecule has 0 saturated carbocycles. The molecule has 1 saturated heterocycles. The van der Waals surface area contributed by atoms with Gasteiger partial charge >= 0.3 is 0 Å². The van der Waals surface area contributed by atoms with E-state index in [1.165, 1.54) is 0 Å². The molecule has 1 aliphatic heterocycles. The van der Waals surface area contributed by atoms with Crippen LogP contribution in [0.4, 0.5) is 4.39 Å². The third-order valence-corrected chi connectivity index (χ3v) is 2.10. The van der Waals surface area contributed by atoms with Crippen molar-refractivity contribution < 1.29 is 9.18 Å². The van der Waals surface area contributed by atoms with Crippen molar-refractivity contribution in [1.82, 2.24) is 4.90 Å². The average molecular weight is 189 g/mol. The van der Waals surface area contributed by atoms with Crippen LogP contribution in [0.1, 0.15) is 40.0 Å². The zero-order valence-electron chi connectivity index (χ0n) is 8.85. The maximum atomic E-state index is 12.7. The quantitative estimate of drug-likeness (QED) is 0.573. The molecule has 0 spiro atoms. The Morgan fingerprint density at radius 2 is 1.92 bits per heavy atom. The van der Waals surface area contributed by atoms with Crippen LogP contribution in [0, 0.1) is 0 Å². The van der Waals surface area contributed by atoms with Gasteiger partial charge in [-0.25, -0.2) is 4.39 Å². The van der Waals surface area contributed by atoms with Gasteiger partial charge in [-0.2, -0.15) is 0 Å². The molecule has 0 aliphatic carbocycles. The summed E-state index contributed by atoms with van der Waals surface area (Å²) in [6, 6.07) is 0. The first-order chi connectivity index (χ1) is 6.20. The van der Waals surface area contributed by atoms with E-state index < -0.39 is 6.17 Å². The Kier molecular flexibility index (Phi) is 6.55. The van der Waals surface area contributed by atoms with Gasteiger partial charge in [0.05, 0.1) is 0 Å². The van der Waals surface area contributed by atoms with Gasteiger partial charge in [-0.15, -0.1) is 0 Å². The smallest absolute Gasteiger partial charge is 0.219 e. The molecule has 1 atom stereocenters. The van der Waals surface area contributed by atoms with Gasteiger partial charge in [0.15, 0.2) is 0 Å². The molecule has 1 rings (SSSR count). The molecule has 0 N–H and O–H groups in total. The average Bonchev–Trinajstić information content (AvgIpc) is 2.33. The van der Waals surface area contributed by atoms with E-state index in [0.717, 1.165) is 13.0 Å². The van der Waals surface area contributed by atoms with E-state index in [0.29, 0.717) is 19.4 Å². The maximum Gasteiger partial charge on any atom is 0.219 e. The normalized spacial score (nSPS) is 22.8. The Bertz CT molecular complexity index is 150. The van der Waals surface area contributed by atoms with Crippen molar-refractivity contribution in [1.29, 1.82) is 0 Å². The largest absolute Gasteiger partial charge is 0.343 e. The summed E-state index contributed by atoms with van der Waals surface area (Å²) in [7, 11) is 0. The minimum absolute atomic E-state index is 0.0686. The van der Waals surface area contributed by atoms with E-state index >= 15 is 0 Å². The van der Waals surface area contributed by atoms with Crippen molar-refractivity contribution >= 4 is 5.91 Å². The second-order valence-electron chi connectivity index (χ2n) is 3.03. The molecular weight excluding hydrogens is 169 g/mol. The predicted molar refractivity (Wildman–Crippen MR) is 52.3 cm³/mol. The van der Waals surface area contributed by atoms with Gasteiger partial charge in [0.2, 0.25) is 5.91 Å². The lowest BCUT2D eigenvalue weighted by molar-refractivity contribution is -0.128. The number of halogens is 1. The lowest BCUT2D eigenvalue weighted by Gasteiger charge is -2.17. The van der Waals surface area contributed by atoms with E-state index in [1.807, 2.05) is 13.8 Å². The molecular formula is C10H20FNO. The highest BCUT2D eigenvalue weighted by atomic mass is 19.1. The van der Waals surface area contributed by atoms with Crippen LogP contribution in [0.3, 0.4) is 0 Å². The molecule has 1 fully saturated rings. The SMILES string of the molecule is CC.CC(=O)N1CCCC(F)CC1. The van der Waals surface area contributed by atoms with Crippen molar-refractivity contribution in [3.63, 3.8) is 0 Å². The predicted octanol–water partition coefficient (Wildman–Crippen LogP) is 2.38. The van der Waals surface area contributed by atoms with E-state index in [9.17, 15) is 9.18 Å². The number of amides is 1. The number of carbonyl (C=O) groups is 1. The maximum absolute atomic E-state index is 12.7. The van der Waals surface area contributed by atoms with Crippen LogP contribution in [-0.4, -0.2) is 30.1 Å². The summed E-state index contributed by atoms with van der Waals surface area (Å²) in [5.74, 6) is 0.0686. The second-order valence-corrected chi connectivity index (χ2v) is 3.03. The first kappa shape index (κ1) is 12.4. The summed E-state index contributed by atoms with van der Waals surface area (Å²) in [5, 5.41) is 0. The molecule has 1 amide bonds. The highest BCUT2D eigenvalue weighted by Gasteiger charge is 2.16. The summed E-state index contributed by atoms with van der Waals surface area (Å²) in [4.78, 5) is 12.6. The van der Waals surface area contributed by atoms with E-state index in [4.69, 9.17) is 0 Å². The second kappa shape index (κ2) is 6.87. The monoisotopic (exact) mass is 189 g/mol. The molecule has 1 heterocycles. The minimum atomic E-state index is -0.695. The lowest BCUT2D eigenvalue weighted by Crippen LogP contribution is -2.29. The third-order valence-electron chi connectivity index (χ3n) is 2.10. The van der Waals surface area contributed by atoms with Crippen LogP contribution < -0.4 is 0 Å². The highest BCUT2D eigenvalue weighted by molar-refractivity contribution is 5.73. The van der Waals surface area contributed by atoms with Crippen molar-refractivity contribution in [2.75, 3.05) is 13.1 Å². The lowest BCUT2D eigenvalue weighted by atomic mass is 10.2. The Morgan fingerprint density at radius 1 is 1.31 bits per heavy atom. The fraction of sp³-hybridized carbons (Fsp3) is 0.900. The fourth-order valence-corrected chi connectivity index (χ4v) is 1.37. The number of hydrogen-bond acceptors (Lipinski definition) is 1. The Balaban J connectivity index is 0.000000671. The topological polar surface area (TPSA) is 20.3 Å². The van der Waals surface area contributed by atoms with Gasteiger partial charge < -0.3 is 4.90 Å². The molecule has 0 aromatic rings. The molecule has 13 heavy (non-hydrogen) atoms. The summed E-state index contributed by atoms with van der Waals surface area (Å²) in [5.41, 5.74) is 0. The van der Waals surface area contributed by atoms with Crippen LogP contribution in [0.25, 0.3) is 0 Å². The highest BCUT2D eigenvalue weighted by Crippen LogP contribution is 2.13. The first-order valence-corrected chi connectivity index (χ1v) is 5.09. The molecule has 1 unspecified atom stereocenters. The van der Waals surface area contributed by atoms with Crippen LogP contribution in [0.2, 0.25) is 0 Å². The Morgan fingerprint density at radius 3 is 2.46 bits per heavy atom. The Hall–Kier alpha value is -0.600. The van der Waals surface area contributed by atoms with E-state index in [1.54, 1.807) is 11.8 Å². The molecule has 2 nitrogen and oxygen atoms in total. The van der Waals surface area contributed by atoms with Gasteiger partial charge in [-0.1, -0.05) is 13.8 Å². The van der Waals surface area contributed by atoms with E-state index in [2.05, 4.69) is 0 Å².